The third-order valence-electron chi connectivity index (χ3n) is 4.98. The fourth-order valence-corrected chi connectivity index (χ4v) is 3.62. The Bertz CT molecular complexity index is 706. The van der Waals surface area contributed by atoms with E-state index >= 15 is 0 Å². The molecule has 2 aliphatic heterocycles. The Balaban J connectivity index is 1.77. The van der Waals surface area contributed by atoms with Crippen LogP contribution in [0.1, 0.15) is 28.8 Å². The van der Waals surface area contributed by atoms with E-state index in [1.54, 1.807) is 24.0 Å². The molecule has 2 heterocycles. The number of carbonyl (C=O) groups is 2. The number of likely N-dealkylation sites (tertiary alicyclic amines) is 1. The summed E-state index contributed by atoms with van der Waals surface area (Å²) in [6.07, 6.45) is 1.70. The second-order valence-electron chi connectivity index (χ2n) is 6.52. The van der Waals surface area contributed by atoms with E-state index in [4.69, 9.17) is 0 Å². The number of rotatable bonds is 3. The molecule has 8 heteroatoms. The molecule has 25 heavy (non-hydrogen) atoms. The van der Waals surface area contributed by atoms with Crippen LogP contribution in [0.4, 0.5) is 5.69 Å². The summed E-state index contributed by atoms with van der Waals surface area (Å²) in [6.45, 7) is 4.45. The predicted molar refractivity (Wildman–Crippen MR) is 91.3 cm³/mol. The van der Waals surface area contributed by atoms with Crippen LogP contribution in [-0.4, -0.2) is 65.3 Å². The van der Waals surface area contributed by atoms with Crippen LogP contribution in [0.5, 0.6) is 0 Å². The van der Waals surface area contributed by atoms with E-state index < -0.39 is 4.92 Å². The molecular formula is C17H22N4O4. The van der Waals surface area contributed by atoms with Crippen molar-refractivity contribution in [2.75, 3.05) is 32.7 Å². The van der Waals surface area contributed by atoms with Crippen LogP contribution in [0.25, 0.3) is 0 Å². The van der Waals surface area contributed by atoms with Crippen LogP contribution < -0.4 is 5.32 Å². The van der Waals surface area contributed by atoms with Gasteiger partial charge in [-0.2, -0.15) is 0 Å². The average Bonchev–Trinajstić information content (AvgIpc) is 2.61. The summed E-state index contributed by atoms with van der Waals surface area (Å²) < 4.78 is 0. The number of benzene rings is 1. The third-order valence-corrected chi connectivity index (χ3v) is 4.98. The summed E-state index contributed by atoms with van der Waals surface area (Å²) in [7, 11) is 0. The van der Waals surface area contributed by atoms with Gasteiger partial charge in [0.25, 0.3) is 11.6 Å². The number of piperazine rings is 1. The summed E-state index contributed by atoms with van der Waals surface area (Å²) in [5.41, 5.74) is 0.705. The monoisotopic (exact) mass is 346 g/mol. The van der Waals surface area contributed by atoms with Crippen molar-refractivity contribution in [1.82, 2.24) is 15.1 Å². The number of nitro benzene ring substituents is 1. The van der Waals surface area contributed by atoms with Gasteiger partial charge in [0, 0.05) is 49.4 Å². The van der Waals surface area contributed by atoms with Crippen molar-refractivity contribution >= 4 is 17.5 Å². The number of amides is 2. The second-order valence-corrected chi connectivity index (χ2v) is 6.52. The molecule has 2 aliphatic rings. The van der Waals surface area contributed by atoms with Gasteiger partial charge in [0.2, 0.25) is 5.91 Å². The highest BCUT2D eigenvalue weighted by molar-refractivity contribution is 5.96. The minimum atomic E-state index is -0.468. The molecule has 0 saturated carbocycles. The Morgan fingerprint density at radius 2 is 2.16 bits per heavy atom. The Hall–Kier alpha value is -2.48. The van der Waals surface area contributed by atoms with Gasteiger partial charge in [0.05, 0.1) is 11.5 Å². The summed E-state index contributed by atoms with van der Waals surface area (Å²) in [4.78, 5) is 39.2. The van der Waals surface area contributed by atoms with Gasteiger partial charge in [-0.05, 0) is 25.8 Å². The van der Waals surface area contributed by atoms with Crippen LogP contribution in [-0.2, 0) is 4.79 Å². The largest absolute Gasteiger partial charge is 0.337 e. The van der Waals surface area contributed by atoms with E-state index in [1.165, 1.54) is 6.07 Å². The van der Waals surface area contributed by atoms with Gasteiger partial charge in [-0.15, -0.1) is 0 Å². The van der Waals surface area contributed by atoms with Crippen LogP contribution in [0.15, 0.2) is 18.2 Å². The van der Waals surface area contributed by atoms with Gasteiger partial charge in [0.15, 0.2) is 0 Å². The number of piperidine rings is 1. The summed E-state index contributed by atoms with van der Waals surface area (Å²) in [5, 5.41) is 14.2. The molecule has 3 rings (SSSR count). The Morgan fingerprint density at radius 1 is 1.36 bits per heavy atom. The van der Waals surface area contributed by atoms with E-state index in [2.05, 4.69) is 5.32 Å². The van der Waals surface area contributed by atoms with Crippen molar-refractivity contribution in [1.29, 1.82) is 0 Å². The van der Waals surface area contributed by atoms with Crippen molar-refractivity contribution in [3.05, 3.63) is 39.4 Å². The summed E-state index contributed by atoms with van der Waals surface area (Å²) >= 11 is 0. The van der Waals surface area contributed by atoms with Crippen molar-refractivity contribution in [2.45, 2.75) is 25.8 Å². The zero-order valence-electron chi connectivity index (χ0n) is 14.2. The van der Waals surface area contributed by atoms with Crippen LogP contribution >= 0.6 is 0 Å². The van der Waals surface area contributed by atoms with Gasteiger partial charge in [0.1, 0.15) is 0 Å². The average molecular weight is 346 g/mol. The third kappa shape index (κ3) is 3.48. The Labute approximate surface area is 145 Å². The van der Waals surface area contributed by atoms with E-state index in [0.29, 0.717) is 37.3 Å². The highest BCUT2D eigenvalue weighted by atomic mass is 16.6. The molecule has 0 spiro atoms. The molecule has 0 radical (unpaired) electrons. The van der Waals surface area contributed by atoms with Crippen molar-refractivity contribution in [3.8, 4) is 0 Å². The van der Waals surface area contributed by atoms with E-state index in [1.807, 2.05) is 4.90 Å². The Kier molecular flexibility index (Phi) is 4.98. The maximum absolute atomic E-state index is 12.9. The minimum Gasteiger partial charge on any atom is -0.337 e. The first-order chi connectivity index (χ1) is 12.0. The normalized spacial score (nSPS) is 21.3. The van der Waals surface area contributed by atoms with Crippen LogP contribution in [0.2, 0.25) is 0 Å². The number of nitro groups is 1. The SMILES string of the molecule is Cc1c(C(=O)N2CCCC(N3CCNCC3=O)C2)cccc1[N+](=O)[O-]. The minimum absolute atomic E-state index is 0.0197. The number of nitrogens with one attached hydrogen (secondary N) is 1. The first-order valence-electron chi connectivity index (χ1n) is 8.52. The molecule has 2 amide bonds. The molecule has 1 unspecified atom stereocenters. The molecule has 2 saturated heterocycles. The maximum Gasteiger partial charge on any atom is 0.273 e. The van der Waals surface area contributed by atoms with Crippen molar-refractivity contribution in [3.63, 3.8) is 0 Å². The summed E-state index contributed by atoms with van der Waals surface area (Å²) in [5.74, 6) is -0.134. The number of hydrogen-bond donors (Lipinski definition) is 1. The molecule has 0 aliphatic carbocycles. The molecule has 1 atom stereocenters. The molecular weight excluding hydrogens is 324 g/mol. The second kappa shape index (κ2) is 7.18. The number of carbonyl (C=O) groups excluding carboxylic acids is 2. The van der Waals surface area contributed by atoms with E-state index in [0.717, 1.165) is 19.4 Å². The molecule has 0 bridgehead atoms. The Morgan fingerprint density at radius 3 is 2.88 bits per heavy atom. The van der Waals surface area contributed by atoms with Gasteiger partial charge >= 0.3 is 0 Å². The number of nitrogens with zero attached hydrogens (tertiary/aromatic N) is 3. The van der Waals surface area contributed by atoms with Crippen molar-refractivity contribution in [2.24, 2.45) is 0 Å². The molecule has 2 fully saturated rings. The van der Waals surface area contributed by atoms with Gasteiger partial charge in [-0.25, -0.2) is 0 Å². The summed E-state index contributed by atoms with van der Waals surface area (Å²) in [6, 6.07) is 4.60. The zero-order valence-corrected chi connectivity index (χ0v) is 14.2. The molecule has 1 aromatic rings. The number of hydrogen-bond acceptors (Lipinski definition) is 5. The predicted octanol–water partition coefficient (Wildman–Crippen LogP) is 0.940. The molecule has 0 aromatic heterocycles. The van der Waals surface area contributed by atoms with Gasteiger partial charge < -0.3 is 15.1 Å². The van der Waals surface area contributed by atoms with Crippen LogP contribution in [0, 0.1) is 17.0 Å². The topological polar surface area (TPSA) is 95.8 Å². The van der Waals surface area contributed by atoms with E-state index in [-0.39, 0.29) is 23.5 Å². The quantitative estimate of drug-likeness (QED) is 0.649. The lowest BCUT2D eigenvalue weighted by Crippen LogP contribution is -2.57. The molecule has 8 nitrogen and oxygen atoms in total. The molecule has 1 N–H and O–H groups in total. The smallest absolute Gasteiger partial charge is 0.273 e. The van der Waals surface area contributed by atoms with Crippen LogP contribution in [0.3, 0.4) is 0 Å². The lowest BCUT2D eigenvalue weighted by atomic mass is 10.00. The maximum atomic E-state index is 12.9. The highest BCUT2D eigenvalue weighted by Crippen LogP contribution is 2.24. The molecule has 134 valence electrons. The first kappa shape index (κ1) is 17.3. The first-order valence-corrected chi connectivity index (χ1v) is 8.52. The lowest BCUT2D eigenvalue weighted by molar-refractivity contribution is -0.385. The molecule has 1 aromatic carbocycles. The highest BCUT2D eigenvalue weighted by Gasteiger charge is 2.32. The van der Waals surface area contributed by atoms with E-state index in [9.17, 15) is 19.7 Å². The fourth-order valence-electron chi connectivity index (χ4n) is 3.62. The zero-order chi connectivity index (χ0) is 18.0. The van der Waals surface area contributed by atoms with Gasteiger partial charge in [-0.3, -0.25) is 19.7 Å². The standard InChI is InChI=1S/C17H22N4O4/c1-12-14(5-2-6-15(12)21(24)25)17(23)19-8-3-4-13(11-19)20-9-7-18-10-16(20)22/h2,5-6,13,18H,3-4,7-11H2,1H3. The van der Waals surface area contributed by atoms with Gasteiger partial charge in [-0.1, -0.05) is 6.07 Å². The fraction of sp³-hybridized carbons (Fsp3) is 0.529. The lowest BCUT2D eigenvalue weighted by Gasteiger charge is -2.41. The van der Waals surface area contributed by atoms with Crippen molar-refractivity contribution < 1.29 is 14.5 Å².